The molecule has 0 atom stereocenters. The molecule has 0 radical (unpaired) electrons. The van der Waals surface area contributed by atoms with Crippen LogP contribution < -0.4 is 5.32 Å². The van der Waals surface area contributed by atoms with Gasteiger partial charge in [-0.25, -0.2) is 0 Å². The van der Waals surface area contributed by atoms with E-state index in [2.05, 4.69) is 5.32 Å². The molecule has 0 aliphatic heterocycles. The van der Waals surface area contributed by atoms with Crippen LogP contribution in [0.5, 0.6) is 0 Å². The number of methoxy groups -OCH3 is 1. The van der Waals surface area contributed by atoms with Crippen LogP contribution in [-0.2, 0) is 9.53 Å². The van der Waals surface area contributed by atoms with E-state index in [1.807, 2.05) is 30.3 Å². The Morgan fingerprint density at radius 1 is 1.43 bits per heavy atom. The smallest absolute Gasteiger partial charge is 0.248 e. The van der Waals surface area contributed by atoms with Crippen LogP contribution in [0.3, 0.4) is 0 Å². The Bertz CT molecular complexity index is 306. The van der Waals surface area contributed by atoms with E-state index in [1.54, 1.807) is 13.2 Å². The SMILES string of the molecule is COCC=CC(=O)Nc1ccccc1. The van der Waals surface area contributed by atoms with E-state index < -0.39 is 0 Å². The minimum absolute atomic E-state index is 0.145. The van der Waals surface area contributed by atoms with E-state index in [0.29, 0.717) is 6.61 Å². The van der Waals surface area contributed by atoms with Gasteiger partial charge >= 0.3 is 0 Å². The van der Waals surface area contributed by atoms with Crippen molar-refractivity contribution in [2.45, 2.75) is 0 Å². The number of rotatable bonds is 4. The molecule has 0 aliphatic carbocycles. The molecule has 0 aromatic heterocycles. The number of hydrogen-bond donors (Lipinski definition) is 1. The van der Waals surface area contributed by atoms with Gasteiger partial charge in [0, 0.05) is 18.9 Å². The maximum absolute atomic E-state index is 11.2. The Balaban J connectivity index is 2.42. The predicted molar refractivity (Wildman–Crippen MR) is 56.1 cm³/mol. The third-order valence-electron chi connectivity index (χ3n) is 1.57. The molecule has 1 rings (SSSR count). The first kappa shape index (κ1) is 10.5. The van der Waals surface area contributed by atoms with Gasteiger partial charge in [0.05, 0.1) is 6.61 Å². The Hall–Kier alpha value is -1.61. The second kappa shape index (κ2) is 5.94. The number of amides is 1. The number of ether oxygens (including phenoxy) is 1. The van der Waals surface area contributed by atoms with Crippen molar-refractivity contribution in [3.05, 3.63) is 42.5 Å². The molecule has 1 amide bonds. The van der Waals surface area contributed by atoms with Crippen molar-refractivity contribution >= 4 is 11.6 Å². The Morgan fingerprint density at radius 2 is 2.14 bits per heavy atom. The van der Waals surface area contributed by atoms with E-state index in [4.69, 9.17) is 4.74 Å². The Kier molecular flexibility index (Phi) is 4.44. The largest absolute Gasteiger partial charge is 0.381 e. The van der Waals surface area contributed by atoms with Crippen LogP contribution >= 0.6 is 0 Å². The zero-order valence-corrected chi connectivity index (χ0v) is 8.07. The second-order valence-electron chi connectivity index (χ2n) is 2.71. The van der Waals surface area contributed by atoms with Crippen LogP contribution in [0.2, 0.25) is 0 Å². The molecule has 74 valence electrons. The third kappa shape index (κ3) is 3.87. The highest BCUT2D eigenvalue weighted by molar-refractivity contribution is 5.99. The third-order valence-corrected chi connectivity index (χ3v) is 1.57. The average Bonchev–Trinajstić information content (AvgIpc) is 2.20. The van der Waals surface area contributed by atoms with Crippen molar-refractivity contribution in [1.82, 2.24) is 0 Å². The summed E-state index contributed by atoms with van der Waals surface area (Å²) in [6.45, 7) is 0.447. The number of hydrogen-bond acceptors (Lipinski definition) is 2. The summed E-state index contributed by atoms with van der Waals surface area (Å²) >= 11 is 0. The standard InChI is InChI=1S/C11H13NO2/c1-14-9-5-8-11(13)12-10-6-3-2-4-7-10/h2-8H,9H2,1H3,(H,12,13). The molecule has 1 N–H and O–H groups in total. The quantitative estimate of drug-likeness (QED) is 0.737. The molecule has 0 heterocycles. The van der Waals surface area contributed by atoms with E-state index >= 15 is 0 Å². The van der Waals surface area contributed by atoms with Gasteiger partial charge in [0.15, 0.2) is 0 Å². The van der Waals surface area contributed by atoms with Crippen LogP contribution in [0.4, 0.5) is 5.69 Å². The molecule has 0 bridgehead atoms. The maximum Gasteiger partial charge on any atom is 0.248 e. The van der Waals surface area contributed by atoms with Gasteiger partial charge in [-0.1, -0.05) is 24.3 Å². The molecule has 0 saturated heterocycles. The minimum atomic E-state index is -0.145. The van der Waals surface area contributed by atoms with Crippen molar-refractivity contribution in [2.75, 3.05) is 19.0 Å². The first-order valence-corrected chi connectivity index (χ1v) is 4.34. The summed E-state index contributed by atoms with van der Waals surface area (Å²) in [5, 5.41) is 2.72. The zero-order chi connectivity index (χ0) is 10.2. The fraction of sp³-hybridized carbons (Fsp3) is 0.182. The van der Waals surface area contributed by atoms with Crippen molar-refractivity contribution in [3.63, 3.8) is 0 Å². The van der Waals surface area contributed by atoms with Gasteiger partial charge in [-0.2, -0.15) is 0 Å². The summed E-state index contributed by atoms with van der Waals surface area (Å²) in [6.07, 6.45) is 3.12. The van der Waals surface area contributed by atoms with Gasteiger partial charge in [-0.05, 0) is 12.1 Å². The lowest BCUT2D eigenvalue weighted by Gasteiger charge is -2.00. The lowest BCUT2D eigenvalue weighted by Crippen LogP contribution is -2.07. The van der Waals surface area contributed by atoms with Gasteiger partial charge in [-0.15, -0.1) is 0 Å². The van der Waals surface area contributed by atoms with Gasteiger partial charge in [0.25, 0.3) is 0 Å². The molecule has 3 nitrogen and oxygen atoms in total. The lowest BCUT2D eigenvalue weighted by molar-refractivity contribution is -0.111. The highest BCUT2D eigenvalue weighted by Gasteiger charge is 1.94. The van der Waals surface area contributed by atoms with Gasteiger partial charge in [0.1, 0.15) is 0 Å². The van der Waals surface area contributed by atoms with E-state index in [9.17, 15) is 4.79 Å². The zero-order valence-electron chi connectivity index (χ0n) is 8.07. The summed E-state index contributed by atoms with van der Waals surface area (Å²) in [6, 6.07) is 9.31. The monoisotopic (exact) mass is 191 g/mol. The molecular weight excluding hydrogens is 178 g/mol. The van der Waals surface area contributed by atoms with Gasteiger partial charge < -0.3 is 10.1 Å². The topological polar surface area (TPSA) is 38.3 Å². The minimum Gasteiger partial charge on any atom is -0.381 e. The highest BCUT2D eigenvalue weighted by Crippen LogP contribution is 2.04. The molecule has 0 aliphatic rings. The Morgan fingerprint density at radius 3 is 2.79 bits per heavy atom. The number of carbonyl (C=O) groups is 1. The lowest BCUT2D eigenvalue weighted by atomic mass is 10.3. The summed E-state index contributed by atoms with van der Waals surface area (Å²) in [7, 11) is 1.58. The summed E-state index contributed by atoms with van der Waals surface area (Å²) < 4.78 is 4.78. The van der Waals surface area contributed by atoms with E-state index in [0.717, 1.165) is 5.69 Å². The molecular formula is C11H13NO2. The molecule has 0 unspecified atom stereocenters. The van der Waals surface area contributed by atoms with Crippen molar-refractivity contribution in [3.8, 4) is 0 Å². The summed E-state index contributed by atoms with van der Waals surface area (Å²) in [4.78, 5) is 11.2. The van der Waals surface area contributed by atoms with Crippen LogP contribution in [-0.4, -0.2) is 19.6 Å². The van der Waals surface area contributed by atoms with Crippen molar-refractivity contribution in [2.24, 2.45) is 0 Å². The molecule has 0 saturated carbocycles. The van der Waals surface area contributed by atoms with Gasteiger partial charge in [0.2, 0.25) is 5.91 Å². The molecule has 3 heteroatoms. The number of para-hydroxylation sites is 1. The second-order valence-corrected chi connectivity index (χ2v) is 2.71. The average molecular weight is 191 g/mol. The summed E-state index contributed by atoms with van der Waals surface area (Å²) in [5.41, 5.74) is 0.791. The van der Waals surface area contributed by atoms with Crippen LogP contribution in [0, 0.1) is 0 Å². The number of carbonyl (C=O) groups excluding carboxylic acids is 1. The first-order valence-electron chi connectivity index (χ1n) is 4.34. The van der Waals surface area contributed by atoms with Crippen LogP contribution in [0.25, 0.3) is 0 Å². The molecule has 1 aromatic carbocycles. The fourth-order valence-electron chi connectivity index (χ4n) is 0.957. The molecule has 1 aromatic rings. The van der Waals surface area contributed by atoms with Gasteiger partial charge in [-0.3, -0.25) is 4.79 Å². The first-order chi connectivity index (χ1) is 6.83. The number of benzene rings is 1. The fourth-order valence-corrected chi connectivity index (χ4v) is 0.957. The number of nitrogens with one attached hydrogen (secondary N) is 1. The van der Waals surface area contributed by atoms with Crippen molar-refractivity contribution in [1.29, 1.82) is 0 Å². The Labute approximate surface area is 83.4 Å². The van der Waals surface area contributed by atoms with Crippen molar-refractivity contribution < 1.29 is 9.53 Å². The highest BCUT2D eigenvalue weighted by atomic mass is 16.5. The maximum atomic E-state index is 11.2. The van der Waals surface area contributed by atoms with E-state index in [1.165, 1.54) is 6.08 Å². The van der Waals surface area contributed by atoms with Crippen LogP contribution in [0.1, 0.15) is 0 Å². The van der Waals surface area contributed by atoms with E-state index in [-0.39, 0.29) is 5.91 Å². The normalized spacial score (nSPS) is 10.4. The molecule has 14 heavy (non-hydrogen) atoms. The molecule has 0 spiro atoms. The molecule has 0 fully saturated rings. The summed E-state index contributed by atoms with van der Waals surface area (Å²) in [5.74, 6) is -0.145. The number of anilines is 1. The predicted octanol–water partition coefficient (Wildman–Crippen LogP) is 1.83. The van der Waals surface area contributed by atoms with Crippen LogP contribution in [0.15, 0.2) is 42.5 Å².